The minimum Gasteiger partial charge on any atom is -0.0893 e. The highest BCUT2D eigenvalue weighted by molar-refractivity contribution is 8.78. The molecule has 0 radical (unpaired) electrons. The lowest BCUT2D eigenvalue weighted by Crippen LogP contribution is -1.67. The van der Waals surface area contributed by atoms with Gasteiger partial charge in [0.1, 0.15) is 0 Å². The topological polar surface area (TPSA) is 0 Å². The highest BCUT2D eigenvalue weighted by atomic mass is 33.1. The molecule has 0 aliphatic heterocycles. The van der Waals surface area contributed by atoms with E-state index in [1.54, 1.807) is 0 Å². The van der Waals surface area contributed by atoms with Gasteiger partial charge in [0.2, 0.25) is 0 Å². The quantitative estimate of drug-likeness (QED) is 0.456. The minimum atomic E-state index is 1.26. The summed E-state index contributed by atoms with van der Waals surface area (Å²) in [6.45, 7) is 6.43. The fourth-order valence-corrected chi connectivity index (χ4v) is 2.39. The maximum absolute atomic E-state index is 2.21. The second-order valence-electron chi connectivity index (χ2n) is 1.80. The fraction of sp³-hybridized carbons (Fsp3) is 0.714. The van der Waals surface area contributed by atoms with Gasteiger partial charge in [-0.3, -0.25) is 0 Å². The van der Waals surface area contributed by atoms with E-state index in [1.165, 1.54) is 17.1 Å². The van der Waals surface area contributed by atoms with Crippen LogP contribution in [0.4, 0.5) is 0 Å². The van der Waals surface area contributed by atoms with E-state index in [0.29, 0.717) is 0 Å². The standard InChI is InChI=1S/C7H14S2/c1-4-6-8-9-7(3)5-2/h5H,4,6H2,1-3H3. The molecule has 0 spiro atoms. The van der Waals surface area contributed by atoms with Gasteiger partial charge in [-0.2, -0.15) is 0 Å². The SMILES string of the molecule is CC=C(C)SSCCC. The van der Waals surface area contributed by atoms with E-state index in [-0.39, 0.29) is 0 Å². The Hall–Kier alpha value is 0.440. The van der Waals surface area contributed by atoms with Crippen molar-refractivity contribution in [1.29, 1.82) is 0 Å². The molecule has 0 fully saturated rings. The van der Waals surface area contributed by atoms with Crippen molar-refractivity contribution in [3.63, 3.8) is 0 Å². The van der Waals surface area contributed by atoms with Gasteiger partial charge >= 0.3 is 0 Å². The van der Waals surface area contributed by atoms with Gasteiger partial charge in [-0.1, -0.05) is 34.6 Å². The van der Waals surface area contributed by atoms with Gasteiger partial charge in [0.25, 0.3) is 0 Å². The molecule has 0 aromatic carbocycles. The molecule has 2 heteroatoms. The highest BCUT2D eigenvalue weighted by Crippen LogP contribution is 2.29. The van der Waals surface area contributed by atoms with Crippen LogP contribution in [-0.4, -0.2) is 5.75 Å². The van der Waals surface area contributed by atoms with Crippen molar-refractivity contribution < 1.29 is 0 Å². The summed E-state index contributed by atoms with van der Waals surface area (Å²) in [7, 11) is 3.81. The van der Waals surface area contributed by atoms with Crippen molar-refractivity contribution in [2.75, 3.05) is 5.75 Å². The second kappa shape index (κ2) is 6.56. The van der Waals surface area contributed by atoms with Gasteiger partial charge in [0, 0.05) is 5.75 Å². The molecular formula is C7H14S2. The van der Waals surface area contributed by atoms with E-state index in [1.807, 2.05) is 21.6 Å². The summed E-state index contributed by atoms with van der Waals surface area (Å²) < 4.78 is 0. The van der Waals surface area contributed by atoms with Crippen LogP contribution >= 0.6 is 21.6 Å². The lowest BCUT2D eigenvalue weighted by molar-refractivity contribution is 1.11. The zero-order valence-electron chi connectivity index (χ0n) is 6.31. The van der Waals surface area contributed by atoms with Crippen LogP contribution < -0.4 is 0 Å². The Morgan fingerprint density at radius 2 is 2.22 bits per heavy atom. The number of rotatable bonds is 4. The maximum Gasteiger partial charge on any atom is 0.00376 e. The first kappa shape index (κ1) is 9.44. The van der Waals surface area contributed by atoms with Crippen molar-refractivity contribution in [3.8, 4) is 0 Å². The molecule has 0 heterocycles. The van der Waals surface area contributed by atoms with Crippen LogP contribution in [0.2, 0.25) is 0 Å². The summed E-state index contributed by atoms with van der Waals surface area (Å²) in [4.78, 5) is 1.41. The first-order valence-electron chi connectivity index (χ1n) is 3.23. The van der Waals surface area contributed by atoms with Crippen molar-refractivity contribution in [2.24, 2.45) is 0 Å². The van der Waals surface area contributed by atoms with E-state index in [4.69, 9.17) is 0 Å². The minimum absolute atomic E-state index is 1.26. The Kier molecular flexibility index (Phi) is 6.88. The Balaban J connectivity index is 3.07. The second-order valence-corrected chi connectivity index (χ2v) is 4.47. The molecule has 0 bridgehead atoms. The predicted octanol–water partition coefficient (Wildman–Crippen LogP) is 3.70. The molecule has 0 aliphatic carbocycles. The van der Waals surface area contributed by atoms with Crippen molar-refractivity contribution >= 4 is 21.6 Å². The van der Waals surface area contributed by atoms with Gasteiger partial charge in [0.15, 0.2) is 0 Å². The Morgan fingerprint density at radius 3 is 2.67 bits per heavy atom. The normalized spacial score (nSPS) is 12.1. The third kappa shape index (κ3) is 6.32. The zero-order chi connectivity index (χ0) is 7.11. The summed E-state index contributed by atoms with van der Waals surface area (Å²) >= 11 is 0. The van der Waals surface area contributed by atoms with E-state index in [9.17, 15) is 0 Å². The average molecular weight is 162 g/mol. The summed E-state index contributed by atoms with van der Waals surface area (Å²) in [6, 6.07) is 0. The van der Waals surface area contributed by atoms with Crippen LogP contribution in [0.25, 0.3) is 0 Å². The van der Waals surface area contributed by atoms with Crippen LogP contribution in [0.1, 0.15) is 27.2 Å². The summed E-state index contributed by atoms with van der Waals surface area (Å²) in [6.07, 6.45) is 3.42. The largest absolute Gasteiger partial charge is 0.0893 e. The first-order valence-corrected chi connectivity index (χ1v) is 5.55. The van der Waals surface area contributed by atoms with E-state index in [0.717, 1.165) is 0 Å². The molecule has 0 aromatic heterocycles. The maximum atomic E-state index is 2.21. The summed E-state index contributed by atoms with van der Waals surface area (Å²) in [5, 5.41) is 0. The molecule has 0 rings (SSSR count). The molecule has 0 aromatic rings. The Bertz CT molecular complexity index is 86.9. The highest BCUT2D eigenvalue weighted by Gasteiger charge is 1.87. The number of hydrogen-bond donors (Lipinski definition) is 0. The van der Waals surface area contributed by atoms with Gasteiger partial charge in [-0.15, -0.1) is 0 Å². The molecule has 54 valence electrons. The van der Waals surface area contributed by atoms with E-state index < -0.39 is 0 Å². The van der Waals surface area contributed by atoms with Gasteiger partial charge in [0.05, 0.1) is 0 Å². The fourth-order valence-electron chi connectivity index (χ4n) is 0.266. The van der Waals surface area contributed by atoms with Crippen molar-refractivity contribution in [3.05, 3.63) is 11.0 Å². The molecule has 0 amide bonds. The third-order valence-electron chi connectivity index (χ3n) is 0.884. The Morgan fingerprint density at radius 1 is 1.56 bits per heavy atom. The lowest BCUT2D eigenvalue weighted by atomic mass is 10.6. The molecule has 0 N–H and O–H groups in total. The molecule has 9 heavy (non-hydrogen) atoms. The van der Waals surface area contributed by atoms with E-state index in [2.05, 4.69) is 26.8 Å². The molecule has 0 aliphatic rings. The summed E-state index contributed by atoms with van der Waals surface area (Å²) in [5.74, 6) is 1.26. The Labute approximate surface area is 65.9 Å². The van der Waals surface area contributed by atoms with Crippen molar-refractivity contribution in [2.45, 2.75) is 27.2 Å². The number of allylic oxidation sites excluding steroid dienone is 2. The summed E-state index contributed by atoms with van der Waals surface area (Å²) in [5.41, 5.74) is 0. The van der Waals surface area contributed by atoms with Gasteiger partial charge < -0.3 is 0 Å². The molecule has 0 nitrogen and oxygen atoms in total. The molecule has 0 atom stereocenters. The third-order valence-corrected chi connectivity index (χ3v) is 3.72. The first-order chi connectivity index (χ1) is 4.31. The van der Waals surface area contributed by atoms with Crippen LogP contribution in [0.5, 0.6) is 0 Å². The smallest absolute Gasteiger partial charge is 0.00376 e. The van der Waals surface area contributed by atoms with Gasteiger partial charge in [-0.25, -0.2) is 0 Å². The molecule has 0 saturated carbocycles. The van der Waals surface area contributed by atoms with Crippen LogP contribution in [-0.2, 0) is 0 Å². The zero-order valence-corrected chi connectivity index (χ0v) is 7.94. The van der Waals surface area contributed by atoms with Crippen LogP contribution in [0.3, 0.4) is 0 Å². The monoisotopic (exact) mass is 162 g/mol. The average Bonchev–Trinajstić information content (AvgIpc) is 1.89. The lowest BCUT2D eigenvalue weighted by Gasteiger charge is -1.96. The molecular weight excluding hydrogens is 148 g/mol. The number of hydrogen-bond acceptors (Lipinski definition) is 2. The van der Waals surface area contributed by atoms with Crippen LogP contribution in [0, 0.1) is 0 Å². The predicted molar refractivity (Wildman–Crippen MR) is 49.8 cm³/mol. The van der Waals surface area contributed by atoms with Crippen LogP contribution in [0.15, 0.2) is 11.0 Å². The van der Waals surface area contributed by atoms with Gasteiger partial charge in [-0.05, 0) is 25.2 Å². The van der Waals surface area contributed by atoms with Crippen molar-refractivity contribution in [1.82, 2.24) is 0 Å². The molecule has 0 saturated heterocycles. The molecule has 0 unspecified atom stereocenters. The van der Waals surface area contributed by atoms with E-state index >= 15 is 0 Å².